The molecule has 4 nitrogen and oxygen atoms in total. The molecule has 0 radical (unpaired) electrons. The summed E-state index contributed by atoms with van der Waals surface area (Å²) in [4.78, 5) is 13.5. The van der Waals surface area contributed by atoms with Crippen LogP contribution in [0.3, 0.4) is 0 Å². The number of phenolic OH excluding ortho intramolecular Hbond substituents is 1. The Kier molecular flexibility index (Phi) is 5.32. The summed E-state index contributed by atoms with van der Waals surface area (Å²) in [5, 5.41) is 12.3. The average Bonchev–Trinajstić information content (AvgIpc) is 2.56. The Bertz CT molecular complexity index is 723. The Hall–Kier alpha value is -1.41. The minimum absolute atomic E-state index is 0.0990. The fourth-order valence-electron chi connectivity index (χ4n) is 2.37. The van der Waals surface area contributed by atoms with Crippen LogP contribution >= 0.6 is 34.4 Å². The number of amides is 1. The Balaban J connectivity index is 1.91. The van der Waals surface area contributed by atoms with Crippen molar-refractivity contribution in [1.29, 1.82) is 0 Å². The van der Waals surface area contributed by atoms with E-state index in [9.17, 15) is 9.90 Å². The predicted octanol–water partition coefficient (Wildman–Crippen LogP) is 4.38. The molecule has 1 atom stereocenters. The lowest BCUT2D eigenvalue weighted by atomic mass is 10.1. The number of hydrogen-bond donors (Lipinski definition) is 2. The number of rotatable bonds is 5. The van der Waals surface area contributed by atoms with Crippen LogP contribution in [0.25, 0.3) is 0 Å². The van der Waals surface area contributed by atoms with Gasteiger partial charge in [0.25, 0.3) is 0 Å². The van der Waals surface area contributed by atoms with Crippen molar-refractivity contribution in [1.82, 2.24) is 0 Å². The molecule has 1 aliphatic heterocycles. The molecule has 0 aromatic heterocycles. The van der Waals surface area contributed by atoms with E-state index >= 15 is 0 Å². The largest absolute Gasteiger partial charge is 0.508 e. The summed E-state index contributed by atoms with van der Waals surface area (Å²) < 4.78 is 6.82. The lowest BCUT2D eigenvalue weighted by Gasteiger charge is -2.25. The fraction of sp³-hybridized carbons (Fsp3) is 0.235. The number of anilines is 1. The number of para-hydroxylation sites is 1. The standard InChI is InChI=1S/C17H16INO3S/c18-8-3-9-22-14-7-6-11(20)10-12(14)16-17(21)19-13-4-1-2-5-15(13)23-16/h1-2,4-7,10,16,20H,3,8-9H2,(H,19,21). The van der Waals surface area contributed by atoms with Crippen molar-refractivity contribution in [3.63, 3.8) is 0 Å². The monoisotopic (exact) mass is 441 g/mol. The number of aromatic hydroxyl groups is 1. The topological polar surface area (TPSA) is 58.6 Å². The number of benzene rings is 2. The maximum Gasteiger partial charge on any atom is 0.242 e. The maximum atomic E-state index is 12.5. The molecule has 0 fully saturated rings. The summed E-state index contributed by atoms with van der Waals surface area (Å²) in [7, 11) is 0. The fourth-order valence-corrected chi connectivity index (χ4v) is 3.81. The molecule has 0 bridgehead atoms. The molecular weight excluding hydrogens is 425 g/mol. The molecule has 3 rings (SSSR count). The molecular formula is C17H16INO3S. The lowest BCUT2D eigenvalue weighted by Crippen LogP contribution is -2.23. The number of carbonyl (C=O) groups excluding carboxylic acids is 1. The summed E-state index contributed by atoms with van der Waals surface area (Å²) in [6, 6.07) is 12.6. The first kappa shape index (κ1) is 16.4. The molecule has 1 aliphatic rings. The van der Waals surface area contributed by atoms with E-state index in [1.807, 2.05) is 24.3 Å². The van der Waals surface area contributed by atoms with E-state index in [4.69, 9.17) is 4.74 Å². The molecule has 2 aromatic carbocycles. The SMILES string of the molecule is O=C1Nc2ccccc2SC1c1cc(O)ccc1OCCCI. The minimum Gasteiger partial charge on any atom is -0.508 e. The maximum absolute atomic E-state index is 12.5. The summed E-state index contributed by atoms with van der Waals surface area (Å²) in [5.41, 5.74) is 1.53. The number of halogens is 1. The van der Waals surface area contributed by atoms with Gasteiger partial charge in [0.15, 0.2) is 0 Å². The quantitative estimate of drug-likeness (QED) is 0.411. The highest BCUT2D eigenvalue weighted by molar-refractivity contribution is 14.1. The van der Waals surface area contributed by atoms with Crippen LogP contribution < -0.4 is 10.1 Å². The summed E-state index contributed by atoms with van der Waals surface area (Å²) in [6.07, 6.45) is 0.938. The Morgan fingerprint density at radius 1 is 1.26 bits per heavy atom. The van der Waals surface area contributed by atoms with E-state index in [1.165, 1.54) is 11.8 Å². The zero-order valence-electron chi connectivity index (χ0n) is 12.3. The van der Waals surface area contributed by atoms with Crippen molar-refractivity contribution in [2.45, 2.75) is 16.6 Å². The van der Waals surface area contributed by atoms with Crippen molar-refractivity contribution < 1.29 is 14.6 Å². The molecule has 1 heterocycles. The second-order valence-corrected chi connectivity index (χ2v) is 7.32. The number of ether oxygens (including phenoxy) is 1. The lowest BCUT2D eigenvalue weighted by molar-refractivity contribution is -0.115. The van der Waals surface area contributed by atoms with Crippen molar-refractivity contribution >= 4 is 45.9 Å². The van der Waals surface area contributed by atoms with E-state index in [0.717, 1.165) is 21.4 Å². The summed E-state index contributed by atoms with van der Waals surface area (Å²) in [5.74, 6) is 0.686. The number of carbonyl (C=O) groups is 1. The number of hydrogen-bond acceptors (Lipinski definition) is 4. The number of thioether (sulfide) groups is 1. The van der Waals surface area contributed by atoms with Crippen LogP contribution in [-0.4, -0.2) is 22.0 Å². The van der Waals surface area contributed by atoms with Gasteiger partial charge in [-0.15, -0.1) is 11.8 Å². The number of fused-ring (bicyclic) bond motifs is 1. The highest BCUT2D eigenvalue weighted by atomic mass is 127. The van der Waals surface area contributed by atoms with Gasteiger partial charge in [-0.05, 0) is 36.8 Å². The first-order chi connectivity index (χ1) is 11.2. The van der Waals surface area contributed by atoms with Gasteiger partial charge >= 0.3 is 0 Å². The Morgan fingerprint density at radius 3 is 2.91 bits per heavy atom. The highest BCUT2D eigenvalue weighted by Crippen LogP contribution is 2.46. The zero-order valence-corrected chi connectivity index (χ0v) is 15.3. The van der Waals surface area contributed by atoms with Crippen LogP contribution in [-0.2, 0) is 4.79 Å². The van der Waals surface area contributed by atoms with E-state index in [-0.39, 0.29) is 11.7 Å². The normalized spacial score (nSPS) is 16.6. The number of alkyl halides is 1. The van der Waals surface area contributed by atoms with E-state index in [0.29, 0.717) is 17.9 Å². The van der Waals surface area contributed by atoms with Gasteiger partial charge in [-0.3, -0.25) is 4.79 Å². The third-order valence-electron chi connectivity index (χ3n) is 3.44. The van der Waals surface area contributed by atoms with Crippen LogP contribution in [0.4, 0.5) is 5.69 Å². The first-order valence-corrected chi connectivity index (χ1v) is 9.68. The molecule has 6 heteroatoms. The van der Waals surface area contributed by atoms with Crippen LogP contribution in [0.15, 0.2) is 47.4 Å². The van der Waals surface area contributed by atoms with Crippen LogP contribution in [0.2, 0.25) is 0 Å². The third kappa shape index (κ3) is 3.74. The van der Waals surface area contributed by atoms with Gasteiger partial charge in [0.05, 0.1) is 12.3 Å². The molecule has 23 heavy (non-hydrogen) atoms. The summed E-state index contributed by atoms with van der Waals surface area (Å²) >= 11 is 3.78. The minimum atomic E-state index is -0.438. The smallest absolute Gasteiger partial charge is 0.242 e. The van der Waals surface area contributed by atoms with Gasteiger partial charge in [-0.25, -0.2) is 0 Å². The molecule has 2 aromatic rings. The first-order valence-electron chi connectivity index (χ1n) is 7.27. The van der Waals surface area contributed by atoms with Crippen molar-refractivity contribution in [3.05, 3.63) is 48.0 Å². The van der Waals surface area contributed by atoms with Gasteiger partial charge in [0.2, 0.25) is 5.91 Å². The van der Waals surface area contributed by atoms with Crippen LogP contribution in [0, 0.1) is 0 Å². The van der Waals surface area contributed by atoms with Crippen LogP contribution in [0.1, 0.15) is 17.2 Å². The molecule has 0 spiro atoms. The van der Waals surface area contributed by atoms with Crippen molar-refractivity contribution in [2.75, 3.05) is 16.4 Å². The van der Waals surface area contributed by atoms with Gasteiger partial charge in [-0.1, -0.05) is 34.7 Å². The molecule has 2 N–H and O–H groups in total. The molecule has 120 valence electrons. The second-order valence-electron chi connectivity index (χ2n) is 5.10. The molecule has 1 unspecified atom stereocenters. The highest BCUT2D eigenvalue weighted by Gasteiger charge is 2.30. The van der Waals surface area contributed by atoms with Gasteiger partial charge in [-0.2, -0.15) is 0 Å². The average molecular weight is 441 g/mol. The molecule has 0 saturated heterocycles. The van der Waals surface area contributed by atoms with Crippen molar-refractivity contribution in [2.24, 2.45) is 0 Å². The van der Waals surface area contributed by atoms with E-state index < -0.39 is 5.25 Å². The van der Waals surface area contributed by atoms with Gasteiger partial charge in [0.1, 0.15) is 16.7 Å². The van der Waals surface area contributed by atoms with E-state index in [2.05, 4.69) is 27.9 Å². The second kappa shape index (κ2) is 7.44. The van der Waals surface area contributed by atoms with Gasteiger partial charge < -0.3 is 15.2 Å². The number of nitrogens with one attached hydrogen (secondary N) is 1. The number of phenols is 1. The molecule has 1 amide bonds. The Labute approximate surface area is 152 Å². The Morgan fingerprint density at radius 2 is 2.09 bits per heavy atom. The van der Waals surface area contributed by atoms with Crippen LogP contribution in [0.5, 0.6) is 11.5 Å². The molecule has 0 aliphatic carbocycles. The van der Waals surface area contributed by atoms with Gasteiger partial charge in [0, 0.05) is 14.9 Å². The van der Waals surface area contributed by atoms with E-state index in [1.54, 1.807) is 18.2 Å². The summed E-state index contributed by atoms with van der Waals surface area (Å²) in [6.45, 7) is 0.594. The van der Waals surface area contributed by atoms with Crippen molar-refractivity contribution in [3.8, 4) is 11.5 Å². The third-order valence-corrected chi connectivity index (χ3v) is 5.52. The molecule has 0 saturated carbocycles. The predicted molar refractivity (Wildman–Crippen MR) is 101 cm³/mol. The zero-order chi connectivity index (χ0) is 16.2.